The highest BCUT2D eigenvalue weighted by atomic mass is 19.1. The van der Waals surface area contributed by atoms with Crippen LogP contribution in [-0.2, 0) is 4.79 Å². The van der Waals surface area contributed by atoms with Gasteiger partial charge in [-0.05, 0) is 49.2 Å². The Morgan fingerprint density at radius 2 is 1.68 bits per heavy atom. The molecule has 0 heterocycles. The van der Waals surface area contributed by atoms with Gasteiger partial charge in [-0.15, -0.1) is 0 Å². The van der Waals surface area contributed by atoms with Crippen LogP contribution in [0.5, 0.6) is 0 Å². The first-order valence-electron chi connectivity index (χ1n) is 9.19. The van der Waals surface area contributed by atoms with Crippen LogP contribution in [0.3, 0.4) is 0 Å². The molecule has 1 aliphatic rings. The second-order valence-corrected chi connectivity index (χ2v) is 6.86. The highest BCUT2D eigenvalue weighted by Crippen LogP contribution is 2.25. The fraction of sp³-hybridized carbons (Fsp3) is 0.286. The van der Waals surface area contributed by atoms with Crippen molar-refractivity contribution in [2.45, 2.75) is 32.1 Å². The third kappa shape index (κ3) is 4.73. The standard InChI is InChI=1S/C21H21FN2O4/c22-17-10-9-15(21(27)28)12-18(17)24-20(26)14-7-4-8-16(11-14)23-19(25)13-5-2-1-3-6-13/h4,7-13H,1-3,5-6H2,(H,23,25)(H,24,26)(H,27,28). The van der Waals surface area contributed by atoms with Crippen LogP contribution in [0.25, 0.3) is 0 Å². The van der Waals surface area contributed by atoms with E-state index in [1.807, 2.05) is 0 Å². The van der Waals surface area contributed by atoms with Gasteiger partial charge in [0.2, 0.25) is 5.91 Å². The zero-order chi connectivity index (χ0) is 20.1. The summed E-state index contributed by atoms with van der Waals surface area (Å²) in [6.45, 7) is 0. The Labute approximate surface area is 161 Å². The maximum absolute atomic E-state index is 13.9. The molecule has 0 spiro atoms. The number of hydrogen-bond acceptors (Lipinski definition) is 3. The van der Waals surface area contributed by atoms with Gasteiger partial charge in [0.05, 0.1) is 11.3 Å². The number of amides is 2. The van der Waals surface area contributed by atoms with E-state index in [0.29, 0.717) is 5.69 Å². The summed E-state index contributed by atoms with van der Waals surface area (Å²) in [6.07, 6.45) is 4.97. The van der Waals surface area contributed by atoms with E-state index < -0.39 is 17.7 Å². The van der Waals surface area contributed by atoms with E-state index in [-0.39, 0.29) is 28.6 Å². The molecule has 3 N–H and O–H groups in total. The first kappa shape index (κ1) is 19.5. The number of aromatic carboxylic acids is 1. The van der Waals surface area contributed by atoms with Gasteiger partial charge in [0.1, 0.15) is 5.82 Å². The van der Waals surface area contributed by atoms with Crippen molar-refractivity contribution < 1.29 is 23.9 Å². The quantitative estimate of drug-likeness (QED) is 0.716. The molecular weight excluding hydrogens is 363 g/mol. The lowest BCUT2D eigenvalue weighted by atomic mass is 9.88. The molecule has 0 saturated heterocycles. The Bertz CT molecular complexity index is 907. The van der Waals surface area contributed by atoms with E-state index in [0.717, 1.165) is 50.3 Å². The molecule has 1 saturated carbocycles. The lowest BCUT2D eigenvalue weighted by molar-refractivity contribution is -0.120. The van der Waals surface area contributed by atoms with Crippen LogP contribution in [0.4, 0.5) is 15.8 Å². The first-order chi connectivity index (χ1) is 13.4. The molecule has 2 aromatic rings. The summed E-state index contributed by atoms with van der Waals surface area (Å²) < 4.78 is 13.9. The highest BCUT2D eigenvalue weighted by Gasteiger charge is 2.21. The van der Waals surface area contributed by atoms with Crippen molar-refractivity contribution in [2.24, 2.45) is 5.92 Å². The zero-order valence-corrected chi connectivity index (χ0v) is 15.2. The molecule has 1 fully saturated rings. The van der Waals surface area contributed by atoms with Gasteiger partial charge in [0.15, 0.2) is 0 Å². The average Bonchev–Trinajstić information content (AvgIpc) is 2.70. The van der Waals surface area contributed by atoms with Crippen molar-refractivity contribution >= 4 is 29.2 Å². The lowest BCUT2D eigenvalue weighted by Gasteiger charge is -2.20. The molecule has 7 heteroatoms. The van der Waals surface area contributed by atoms with Gasteiger partial charge >= 0.3 is 5.97 Å². The fourth-order valence-electron chi connectivity index (χ4n) is 3.30. The maximum Gasteiger partial charge on any atom is 0.335 e. The number of nitrogens with one attached hydrogen (secondary N) is 2. The minimum absolute atomic E-state index is 0.0147. The smallest absolute Gasteiger partial charge is 0.335 e. The predicted molar refractivity (Wildman–Crippen MR) is 103 cm³/mol. The molecule has 6 nitrogen and oxygen atoms in total. The van der Waals surface area contributed by atoms with E-state index in [9.17, 15) is 18.8 Å². The lowest BCUT2D eigenvalue weighted by Crippen LogP contribution is -2.24. The van der Waals surface area contributed by atoms with Crippen molar-refractivity contribution in [2.75, 3.05) is 10.6 Å². The fourth-order valence-corrected chi connectivity index (χ4v) is 3.30. The summed E-state index contributed by atoms with van der Waals surface area (Å²) in [6, 6.07) is 9.51. The van der Waals surface area contributed by atoms with Gasteiger partial charge in [-0.25, -0.2) is 9.18 Å². The van der Waals surface area contributed by atoms with Crippen LogP contribution in [0.1, 0.15) is 52.8 Å². The molecule has 1 aliphatic carbocycles. The van der Waals surface area contributed by atoms with Gasteiger partial charge in [-0.2, -0.15) is 0 Å². The largest absolute Gasteiger partial charge is 0.478 e. The minimum atomic E-state index is -1.22. The molecule has 0 radical (unpaired) electrons. The normalized spacial score (nSPS) is 14.3. The van der Waals surface area contributed by atoms with Crippen LogP contribution >= 0.6 is 0 Å². The van der Waals surface area contributed by atoms with E-state index in [1.54, 1.807) is 12.1 Å². The summed E-state index contributed by atoms with van der Waals surface area (Å²) in [7, 11) is 0. The number of carboxylic acid groups (broad SMARTS) is 1. The van der Waals surface area contributed by atoms with E-state index in [1.165, 1.54) is 12.1 Å². The number of anilines is 2. The summed E-state index contributed by atoms with van der Waals surface area (Å²) in [5.74, 6) is -2.63. The maximum atomic E-state index is 13.9. The summed E-state index contributed by atoms with van der Waals surface area (Å²) in [4.78, 5) is 35.8. The number of carbonyl (C=O) groups is 3. The number of carboxylic acids is 1. The second-order valence-electron chi connectivity index (χ2n) is 6.86. The highest BCUT2D eigenvalue weighted by molar-refractivity contribution is 6.06. The van der Waals surface area contributed by atoms with Gasteiger partial charge in [0.25, 0.3) is 5.91 Å². The van der Waals surface area contributed by atoms with E-state index >= 15 is 0 Å². The Kier molecular flexibility index (Phi) is 6.03. The number of carbonyl (C=O) groups excluding carboxylic acids is 2. The number of hydrogen-bond donors (Lipinski definition) is 3. The summed E-state index contributed by atoms with van der Waals surface area (Å²) in [5.41, 5.74) is 0.358. The van der Waals surface area contributed by atoms with Crippen LogP contribution < -0.4 is 10.6 Å². The van der Waals surface area contributed by atoms with Crippen LogP contribution in [0.2, 0.25) is 0 Å². The molecule has 0 unspecified atom stereocenters. The zero-order valence-electron chi connectivity index (χ0n) is 15.2. The van der Waals surface area contributed by atoms with Crippen molar-refractivity contribution in [1.29, 1.82) is 0 Å². The molecule has 2 aromatic carbocycles. The molecule has 3 rings (SSSR count). The number of rotatable bonds is 5. The van der Waals surface area contributed by atoms with Crippen molar-refractivity contribution in [3.8, 4) is 0 Å². The van der Waals surface area contributed by atoms with Crippen LogP contribution in [-0.4, -0.2) is 22.9 Å². The average molecular weight is 384 g/mol. The Balaban J connectivity index is 1.71. The Hall–Kier alpha value is -3.22. The van der Waals surface area contributed by atoms with Gasteiger partial charge in [0, 0.05) is 17.2 Å². The summed E-state index contributed by atoms with van der Waals surface area (Å²) in [5, 5.41) is 14.2. The molecule has 146 valence electrons. The molecule has 0 aliphatic heterocycles. The van der Waals surface area contributed by atoms with E-state index in [4.69, 9.17) is 5.11 Å². The van der Waals surface area contributed by atoms with Crippen molar-refractivity contribution in [3.05, 3.63) is 59.4 Å². The molecule has 2 amide bonds. The van der Waals surface area contributed by atoms with Gasteiger partial charge < -0.3 is 15.7 Å². The van der Waals surface area contributed by atoms with Crippen LogP contribution in [0, 0.1) is 11.7 Å². The predicted octanol–water partition coefficient (Wildman–Crippen LogP) is 4.30. The Morgan fingerprint density at radius 1 is 0.929 bits per heavy atom. The monoisotopic (exact) mass is 384 g/mol. The molecule has 0 bridgehead atoms. The molecule has 0 aromatic heterocycles. The van der Waals surface area contributed by atoms with Crippen LogP contribution in [0.15, 0.2) is 42.5 Å². The van der Waals surface area contributed by atoms with E-state index in [2.05, 4.69) is 10.6 Å². The SMILES string of the molecule is O=C(O)c1ccc(F)c(NC(=O)c2cccc(NC(=O)C3CCCCC3)c2)c1. The number of halogens is 1. The second kappa shape index (κ2) is 8.65. The molecular formula is C21H21FN2O4. The van der Waals surface area contributed by atoms with Gasteiger partial charge in [-0.3, -0.25) is 9.59 Å². The number of benzene rings is 2. The molecule has 28 heavy (non-hydrogen) atoms. The molecule has 0 atom stereocenters. The van der Waals surface area contributed by atoms with Gasteiger partial charge in [-0.1, -0.05) is 25.3 Å². The van der Waals surface area contributed by atoms with Crippen molar-refractivity contribution in [1.82, 2.24) is 0 Å². The Morgan fingerprint density at radius 3 is 2.39 bits per heavy atom. The first-order valence-corrected chi connectivity index (χ1v) is 9.19. The third-order valence-electron chi connectivity index (χ3n) is 4.83. The third-order valence-corrected chi connectivity index (χ3v) is 4.83. The summed E-state index contributed by atoms with van der Waals surface area (Å²) >= 11 is 0. The minimum Gasteiger partial charge on any atom is -0.478 e. The van der Waals surface area contributed by atoms with Crippen molar-refractivity contribution in [3.63, 3.8) is 0 Å². The topological polar surface area (TPSA) is 95.5 Å².